The fraction of sp³-hybridized carbons (Fsp3) is 0.455. The Morgan fingerprint density at radius 2 is 1.87 bits per heavy atom. The predicted molar refractivity (Wildman–Crippen MR) is 109 cm³/mol. The molecule has 162 valence electrons. The topological polar surface area (TPSA) is 66.2 Å². The molecule has 0 N–H and O–H groups in total. The van der Waals surface area contributed by atoms with Gasteiger partial charge in [-0.15, -0.1) is 0 Å². The summed E-state index contributed by atoms with van der Waals surface area (Å²) in [6.07, 6.45) is 3.32. The van der Waals surface area contributed by atoms with Crippen LogP contribution in [0.4, 0.5) is 9.18 Å². The fourth-order valence-corrected chi connectivity index (χ4v) is 3.42. The molecule has 1 aliphatic heterocycles. The molecular weight excluding hydrogens is 389 g/mol. The van der Waals surface area contributed by atoms with Crippen LogP contribution in [0.2, 0.25) is 0 Å². The number of carbonyl (C=O) groups is 2. The predicted octanol–water partition coefficient (Wildman–Crippen LogP) is 3.11. The van der Waals surface area contributed by atoms with E-state index >= 15 is 0 Å². The molecule has 3 rings (SSSR count). The largest absolute Gasteiger partial charge is 0.467 e. The molecule has 3 amide bonds. The lowest BCUT2D eigenvalue weighted by Gasteiger charge is -2.30. The smallest absolute Gasteiger partial charge is 0.320 e. The molecular formula is C22H28FN3O4. The highest BCUT2D eigenvalue weighted by molar-refractivity contribution is 5.84. The first-order valence-electron chi connectivity index (χ1n) is 10.0. The monoisotopic (exact) mass is 417 g/mol. The molecule has 0 spiro atoms. The van der Waals surface area contributed by atoms with E-state index in [1.807, 2.05) is 0 Å². The number of carbonyl (C=O) groups excluding carboxylic acids is 2. The lowest BCUT2D eigenvalue weighted by molar-refractivity contribution is -0.133. The molecule has 7 nitrogen and oxygen atoms in total. The van der Waals surface area contributed by atoms with Crippen LogP contribution in [0.3, 0.4) is 0 Å². The number of halogens is 1. The Morgan fingerprint density at radius 3 is 2.47 bits per heavy atom. The maximum atomic E-state index is 13.3. The summed E-state index contributed by atoms with van der Waals surface area (Å²) in [7, 11) is 3.32. The molecule has 0 radical (unpaired) electrons. The van der Waals surface area contributed by atoms with Crippen molar-refractivity contribution >= 4 is 11.9 Å². The van der Waals surface area contributed by atoms with Gasteiger partial charge < -0.3 is 23.9 Å². The van der Waals surface area contributed by atoms with Gasteiger partial charge in [-0.3, -0.25) is 4.79 Å². The molecule has 2 aromatic rings. The van der Waals surface area contributed by atoms with Crippen LogP contribution in [0.1, 0.15) is 24.2 Å². The van der Waals surface area contributed by atoms with Gasteiger partial charge in [0.1, 0.15) is 18.1 Å². The maximum Gasteiger partial charge on any atom is 0.320 e. The highest BCUT2D eigenvalue weighted by Crippen LogP contribution is 2.16. The standard InChI is InChI=1S/C22H28FN3O4/c1-24(2)22(28)26(15-20-6-4-12-30-20)16-21(27)25(14-19-5-3-11-29-19)13-17-7-9-18(23)10-8-17/h3,5,7-11,20H,4,6,12-16H2,1-2H3/t20-/m0/s1. The summed E-state index contributed by atoms with van der Waals surface area (Å²) in [6.45, 7) is 1.52. The van der Waals surface area contributed by atoms with Crippen LogP contribution in [0.25, 0.3) is 0 Å². The minimum absolute atomic E-state index is 0.0580. The Labute approximate surface area is 176 Å². The molecule has 1 atom stereocenters. The first kappa shape index (κ1) is 21.8. The zero-order valence-corrected chi connectivity index (χ0v) is 17.4. The van der Waals surface area contributed by atoms with E-state index in [-0.39, 0.29) is 43.5 Å². The SMILES string of the molecule is CN(C)C(=O)N(CC(=O)N(Cc1ccc(F)cc1)Cc1ccco1)C[C@@H]1CCCO1. The summed E-state index contributed by atoms with van der Waals surface area (Å²) < 4.78 is 24.3. The molecule has 30 heavy (non-hydrogen) atoms. The zero-order valence-electron chi connectivity index (χ0n) is 17.4. The van der Waals surface area contributed by atoms with Crippen LogP contribution in [-0.4, -0.2) is 66.5 Å². The molecule has 1 aliphatic rings. The molecule has 0 bridgehead atoms. The lowest BCUT2D eigenvalue weighted by Crippen LogP contribution is -2.48. The molecule has 0 aliphatic carbocycles. The van der Waals surface area contributed by atoms with E-state index in [1.54, 1.807) is 49.5 Å². The van der Waals surface area contributed by atoms with Gasteiger partial charge in [-0.05, 0) is 42.7 Å². The van der Waals surface area contributed by atoms with Gasteiger partial charge >= 0.3 is 6.03 Å². The third kappa shape index (κ3) is 6.06. The van der Waals surface area contributed by atoms with E-state index in [0.29, 0.717) is 18.9 Å². The van der Waals surface area contributed by atoms with E-state index in [0.717, 1.165) is 18.4 Å². The number of ether oxygens (including phenoxy) is 1. The van der Waals surface area contributed by atoms with Crippen LogP contribution in [0, 0.1) is 5.82 Å². The van der Waals surface area contributed by atoms with Gasteiger partial charge in [-0.25, -0.2) is 9.18 Å². The number of urea groups is 1. The molecule has 1 saturated heterocycles. The Hall–Kier alpha value is -2.87. The lowest BCUT2D eigenvalue weighted by atomic mass is 10.2. The van der Waals surface area contributed by atoms with Crippen molar-refractivity contribution in [1.82, 2.24) is 14.7 Å². The summed E-state index contributed by atoms with van der Waals surface area (Å²) in [6, 6.07) is 9.34. The minimum Gasteiger partial charge on any atom is -0.467 e. The number of rotatable bonds is 8. The van der Waals surface area contributed by atoms with Gasteiger partial charge in [0.25, 0.3) is 0 Å². The Bertz CT molecular complexity index is 817. The van der Waals surface area contributed by atoms with Gasteiger partial charge in [0.15, 0.2) is 0 Å². The van der Waals surface area contributed by atoms with Gasteiger partial charge in [-0.2, -0.15) is 0 Å². The summed E-state index contributed by atoms with van der Waals surface area (Å²) in [4.78, 5) is 30.5. The number of nitrogens with zero attached hydrogens (tertiary/aromatic N) is 3. The second-order valence-electron chi connectivity index (χ2n) is 7.65. The Balaban J connectivity index is 1.74. The number of hydrogen-bond acceptors (Lipinski definition) is 4. The minimum atomic E-state index is -0.332. The maximum absolute atomic E-state index is 13.3. The summed E-state index contributed by atoms with van der Waals surface area (Å²) >= 11 is 0. The zero-order chi connectivity index (χ0) is 21.5. The van der Waals surface area contributed by atoms with E-state index in [1.165, 1.54) is 21.9 Å². The molecule has 0 saturated carbocycles. The van der Waals surface area contributed by atoms with Gasteiger partial charge in [0, 0.05) is 33.8 Å². The van der Waals surface area contributed by atoms with E-state index in [4.69, 9.17) is 9.15 Å². The Kier molecular flexibility index (Phi) is 7.46. The number of benzene rings is 1. The second kappa shape index (κ2) is 10.2. The second-order valence-corrected chi connectivity index (χ2v) is 7.65. The Morgan fingerprint density at radius 1 is 1.10 bits per heavy atom. The molecule has 8 heteroatoms. The first-order valence-corrected chi connectivity index (χ1v) is 10.0. The van der Waals surface area contributed by atoms with Crippen molar-refractivity contribution in [2.45, 2.75) is 32.0 Å². The fourth-order valence-electron chi connectivity index (χ4n) is 3.42. The highest BCUT2D eigenvalue weighted by atomic mass is 19.1. The van der Waals surface area contributed by atoms with Crippen LogP contribution >= 0.6 is 0 Å². The van der Waals surface area contributed by atoms with E-state index in [9.17, 15) is 14.0 Å². The number of hydrogen-bond donors (Lipinski definition) is 0. The first-order chi connectivity index (χ1) is 14.4. The molecule has 1 fully saturated rings. The van der Waals surface area contributed by atoms with Crippen molar-refractivity contribution in [3.63, 3.8) is 0 Å². The summed E-state index contributed by atoms with van der Waals surface area (Å²) in [5, 5.41) is 0. The van der Waals surface area contributed by atoms with Crippen LogP contribution in [0.5, 0.6) is 0 Å². The van der Waals surface area contributed by atoms with E-state index < -0.39 is 0 Å². The van der Waals surface area contributed by atoms with Crippen LogP contribution in [-0.2, 0) is 22.6 Å². The molecule has 2 heterocycles. The normalized spacial score (nSPS) is 15.8. The number of amides is 3. The van der Waals surface area contributed by atoms with Crippen molar-refractivity contribution in [2.75, 3.05) is 33.8 Å². The highest BCUT2D eigenvalue weighted by Gasteiger charge is 2.27. The third-order valence-corrected chi connectivity index (χ3v) is 4.99. The van der Waals surface area contributed by atoms with Gasteiger partial charge in [0.05, 0.1) is 18.9 Å². The van der Waals surface area contributed by atoms with Crippen molar-refractivity contribution in [3.05, 3.63) is 59.8 Å². The van der Waals surface area contributed by atoms with Crippen LogP contribution < -0.4 is 0 Å². The van der Waals surface area contributed by atoms with Crippen molar-refractivity contribution in [1.29, 1.82) is 0 Å². The van der Waals surface area contributed by atoms with E-state index in [2.05, 4.69) is 0 Å². The van der Waals surface area contributed by atoms with Gasteiger partial charge in [-0.1, -0.05) is 12.1 Å². The summed E-state index contributed by atoms with van der Waals surface area (Å²) in [5.41, 5.74) is 0.793. The molecule has 1 aromatic carbocycles. The average Bonchev–Trinajstić information content (AvgIpc) is 3.42. The van der Waals surface area contributed by atoms with Crippen molar-refractivity contribution < 1.29 is 23.1 Å². The van der Waals surface area contributed by atoms with Gasteiger partial charge in [0.2, 0.25) is 5.91 Å². The molecule has 1 aromatic heterocycles. The van der Waals surface area contributed by atoms with Crippen molar-refractivity contribution in [3.8, 4) is 0 Å². The average molecular weight is 417 g/mol. The van der Waals surface area contributed by atoms with Crippen LogP contribution in [0.15, 0.2) is 47.1 Å². The number of furan rings is 1. The van der Waals surface area contributed by atoms with Crippen molar-refractivity contribution in [2.24, 2.45) is 0 Å². The molecule has 0 unspecified atom stereocenters. The summed E-state index contributed by atoms with van der Waals surface area (Å²) in [5.74, 6) is 0.0842. The third-order valence-electron chi connectivity index (χ3n) is 4.99. The quantitative estimate of drug-likeness (QED) is 0.662.